The molecule has 0 aromatic carbocycles. The first-order valence-electron chi connectivity index (χ1n) is 5.17. The van der Waals surface area contributed by atoms with E-state index in [1.54, 1.807) is 25.2 Å². The van der Waals surface area contributed by atoms with E-state index in [9.17, 15) is 14.9 Å². The predicted molar refractivity (Wildman–Crippen MR) is 64.8 cm³/mol. The van der Waals surface area contributed by atoms with Gasteiger partial charge in [0.15, 0.2) is 5.76 Å². The van der Waals surface area contributed by atoms with Crippen LogP contribution in [0.1, 0.15) is 17.5 Å². The van der Waals surface area contributed by atoms with Gasteiger partial charge in [0, 0.05) is 12.2 Å². The van der Waals surface area contributed by atoms with Crippen molar-refractivity contribution in [2.75, 3.05) is 6.54 Å². The number of carbonyl (C=O) groups is 1. The van der Waals surface area contributed by atoms with E-state index < -0.39 is 16.7 Å². The Bertz CT molecular complexity index is 502. The van der Waals surface area contributed by atoms with Gasteiger partial charge in [-0.1, -0.05) is 6.08 Å². The number of furan rings is 1. The molecule has 0 aliphatic carbocycles. The lowest BCUT2D eigenvalue weighted by molar-refractivity contribution is -0.402. The Morgan fingerprint density at radius 3 is 2.83 bits per heavy atom. The first kappa shape index (κ1) is 13.7. The number of carbonyl (C=O) groups excluding carboxylic acids is 1. The molecular weight excluding hydrogens is 238 g/mol. The SMILES string of the molecule is C/C=C\C(=C/CN)NC(=O)c1ccc([N+](=O)[O-])o1. The molecule has 0 saturated carbocycles. The Morgan fingerprint density at radius 1 is 1.61 bits per heavy atom. The highest BCUT2D eigenvalue weighted by Crippen LogP contribution is 2.15. The van der Waals surface area contributed by atoms with Gasteiger partial charge in [0.2, 0.25) is 0 Å². The molecule has 18 heavy (non-hydrogen) atoms. The Balaban J connectivity index is 2.80. The molecule has 0 spiro atoms. The number of hydrogen-bond donors (Lipinski definition) is 2. The molecule has 0 aliphatic heterocycles. The number of rotatable bonds is 5. The van der Waals surface area contributed by atoms with Crippen molar-refractivity contribution >= 4 is 11.8 Å². The zero-order valence-corrected chi connectivity index (χ0v) is 9.75. The quantitative estimate of drug-likeness (QED) is 0.466. The summed E-state index contributed by atoms with van der Waals surface area (Å²) in [6.07, 6.45) is 4.99. The van der Waals surface area contributed by atoms with Crippen LogP contribution in [0.15, 0.2) is 40.5 Å². The van der Waals surface area contributed by atoms with Crippen LogP contribution in [0, 0.1) is 10.1 Å². The molecule has 0 unspecified atom stereocenters. The fourth-order valence-corrected chi connectivity index (χ4v) is 1.21. The van der Waals surface area contributed by atoms with Crippen LogP contribution in [0.3, 0.4) is 0 Å². The molecule has 1 aromatic heterocycles. The minimum atomic E-state index is -0.709. The van der Waals surface area contributed by atoms with E-state index in [4.69, 9.17) is 10.2 Å². The smallest absolute Gasteiger partial charge is 0.395 e. The van der Waals surface area contributed by atoms with E-state index in [0.29, 0.717) is 5.70 Å². The van der Waals surface area contributed by atoms with Crippen LogP contribution in [0.4, 0.5) is 5.88 Å². The molecule has 0 radical (unpaired) electrons. The van der Waals surface area contributed by atoms with Gasteiger partial charge in [0.1, 0.15) is 4.92 Å². The van der Waals surface area contributed by atoms with Crippen molar-refractivity contribution in [3.63, 3.8) is 0 Å². The third kappa shape index (κ3) is 3.56. The second-order valence-electron chi connectivity index (χ2n) is 3.24. The van der Waals surface area contributed by atoms with Crippen LogP contribution in [0.5, 0.6) is 0 Å². The Hall–Kier alpha value is -2.41. The van der Waals surface area contributed by atoms with Crippen molar-refractivity contribution in [2.24, 2.45) is 5.73 Å². The summed E-state index contributed by atoms with van der Waals surface area (Å²) in [5, 5.41) is 12.9. The zero-order chi connectivity index (χ0) is 13.5. The number of hydrogen-bond acceptors (Lipinski definition) is 5. The fourth-order valence-electron chi connectivity index (χ4n) is 1.21. The van der Waals surface area contributed by atoms with Crippen LogP contribution < -0.4 is 11.1 Å². The summed E-state index contributed by atoms with van der Waals surface area (Å²) in [7, 11) is 0. The minimum absolute atomic E-state index is 0.130. The molecule has 1 aromatic rings. The molecular formula is C11H13N3O4. The molecule has 3 N–H and O–H groups in total. The Kier molecular flexibility index (Phi) is 4.82. The molecule has 1 heterocycles. The van der Waals surface area contributed by atoms with E-state index in [0.717, 1.165) is 6.07 Å². The fraction of sp³-hybridized carbons (Fsp3) is 0.182. The Morgan fingerprint density at radius 2 is 2.33 bits per heavy atom. The molecule has 0 bridgehead atoms. The summed E-state index contributed by atoms with van der Waals surface area (Å²) < 4.78 is 4.77. The lowest BCUT2D eigenvalue weighted by atomic mass is 10.3. The third-order valence-corrected chi connectivity index (χ3v) is 1.94. The highest BCUT2D eigenvalue weighted by Gasteiger charge is 2.17. The minimum Gasteiger partial charge on any atom is -0.395 e. The van der Waals surface area contributed by atoms with Gasteiger partial charge in [-0.2, -0.15) is 0 Å². The van der Waals surface area contributed by atoms with Crippen molar-refractivity contribution in [1.29, 1.82) is 0 Å². The molecule has 1 rings (SSSR count). The van der Waals surface area contributed by atoms with Gasteiger partial charge < -0.3 is 15.5 Å². The largest absolute Gasteiger partial charge is 0.433 e. The lowest BCUT2D eigenvalue weighted by Gasteiger charge is -2.03. The molecule has 0 saturated heterocycles. The van der Waals surface area contributed by atoms with Gasteiger partial charge >= 0.3 is 5.88 Å². The molecule has 7 heteroatoms. The van der Waals surface area contributed by atoms with Crippen molar-refractivity contribution in [1.82, 2.24) is 5.32 Å². The summed E-state index contributed by atoms with van der Waals surface area (Å²) in [5.74, 6) is -1.18. The van der Waals surface area contributed by atoms with Crippen LogP contribution in [0.2, 0.25) is 0 Å². The summed E-state index contributed by atoms with van der Waals surface area (Å²) in [5.41, 5.74) is 5.85. The van der Waals surface area contributed by atoms with Crippen molar-refractivity contribution in [3.05, 3.63) is 51.9 Å². The van der Waals surface area contributed by atoms with Gasteiger partial charge in [-0.25, -0.2) is 0 Å². The average Bonchev–Trinajstić information content (AvgIpc) is 2.79. The number of allylic oxidation sites excluding steroid dienone is 2. The molecule has 1 amide bonds. The summed E-state index contributed by atoms with van der Waals surface area (Å²) in [4.78, 5) is 21.4. The molecule has 0 fully saturated rings. The van der Waals surface area contributed by atoms with Crippen LogP contribution in [-0.2, 0) is 0 Å². The second-order valence-corrected chi connectivity index (χ2v) is 3.24. The molecule has 0 aliphatic rings. The summed E-state index contributed by atoms with van der Waals surface area (Å²) in [6.45, 7) is 2.05. The number of nitrogens with zero attached hydrogens (tertiary/aromatic N) is 1. The maximum Gasteiger partial charge on any atom is 0.433 e. The van der Waals surface area contributed by atoms with Gasteiger partial charge in [-0.05, 0) is 25.1 Å². The maximum absolute atomic E-state index is 11.7. The van der Waals surface area contributed by atoms with Crippen LogP contribution in [0.25, 0.3) is 0 Å². The standard InChI is InChI=1S/C11H13N3O4/c1-2-3-8(6-7-12)13-11(15)9-4-5-10(18-9)14(16)17/h2-6H,7,12H2,1H3,(H,13,15)/b3-2-,8-6+. The van der Waals surface area contributed by atoms with Crippen molar-refractivity contribution < 1.29 is 14.1 Å². The topological polar surface area (TPSA) is 111 Å². The lowest BCUT2D eigenvalue weighted by Crippen LogP contribution is -2.22. The van der Waals surface area contributed by atoms with Gasteiger partial charge in [0.05, 0.1) is 6.07 Å². The van der Waals surface area contributed by atoms with Crippen molar-refractivity contribution in [2.45, 2.75) is 6.92 Å². The first-order chi connectivity index (χ1) is 8.58. The number of amides is 1. The zero-order valence-electron chi connectivity index (χ0n) is 9.75. The first-order valence-corrected chi connectivity index (χ1v) is 5.17. The third-order valence-electron chi connectivity index (χ3n) is 1.94. The predicted octanol–water partition coefficient (Wildman–Crippen LogP) is 1.34. The van der Waals surface area contributed by atoms with Crippen molar-refractivity contribution in [3.8, 4) is 0 Å². The van der Waals surface area contributed by atoms with E-state index in [1.165, 1.54) is 6.07 Å². The molecule has 0 atom stereocenters. The van der Waals surface area contributed by atoms with E-state index in [1.807, 2.05) is 0 Å². The van der Waals surface area contributed by atoms with Gasteiger partial charge in [-0.15, -0.1) is 0 Å². The summed E-state index contributed by atoms with van der Waals surface area (Å²) >= 11 is 0. The van der Waals surface area contributed by atoms with E-state index in [2.05, 4.69) is 5.32 Å². The highest BCUT2D eigenvalue weighted by molar-refractivity contribution is 5.93. The average molecular weight is 251 g/mol. The summed E-state index contributed by atoms with van der Waals surface area (Å²) in [6, 6.07) is 2.36. The van der Waals surface area contributed by atoms with Crippen LogP contribution >= 0.6 is 0 Å². The number of nitrogens with two attached hydrogens (primary N) is 1. The maximum atomic E-state index is 11.7. The number of nitro groups is 1. The monoisotopic (exact) mass is 251 g/mol. The van der Waals surface area contributed by atoms with E-state index in [-0.39, 0.29) is 12.3 Å². The number of nitrogens with one attached hydrogen (secondary N) is 1. The van der Waals surface area contributed by atoms with Gasteiger partial charge in [-0.3, -0.25) is 14.9 Å². The normalized spacial score (nSPS) is 11.8. The molecule has 7 nitrogen and oxygen atoms in total. The van der Waals surface area contributed by atoms with E-state index >= 15 is 0 Å². The van der Waals surface area contributed by atoms with Crippen LogP contribution in [-0.4, -0.2) is 17.4 Å². The van der Waals surface area contributed by atoms with Gasteiger partial charge in [0.25, 0.3) is 5.91 Å². The highest BCUT2D eigenvalue weighted by atomic mass is 16.6. The second kappa shape index (κ2) is 6.36. The molecule has 96 valence electrons. The Labute approximate surface area is 103 Å².